The summed E-state index contributed by atoms with van der Waals surface area (Å²) in [6.45, 7) is 0. The Balaban J connectivity index is 1.76. The third-order valence-corrected chi connectivity index (χ3v) is 7.19. The molecule has 2 heterocycles. The van der Waals surface area contributed by atoms with Gasteiger partial charge in [-0.3, -0.25) is 9.69 Å². The van der Waals surface area contributed by atoms with E-state index in [-0.39, 0.29) is 23.5 Å². The molecular formula is C14H17NO3S3. The second-order valence-corrected chi connectivity index (χ2v) is 9.58. The lowest BCUT2D eigenvalue weighted by atomic mass is 9.94. The highest BCUT2D eigenvalue weighted by Crippen LogP contribution is 2.37. The normalized spacial score (nSPS) is 34.1. The number of hydrogen-bond donors (Lipinski definition) is 0. The average Bonchev–Trinajstić information content (AvgIpc) is 2.91. The second-order valence-electron chi connectivity index (χ2n) is 5.68. The number of sulfone groups is 1. The standard InChI is InChI=1S/C14H17NO3S3/c16-13-12(8-10-4-2-1-3-5-10)20-14(19)15(13)11-6-7-21(17,18)9-11/h1-2,8,10-11H,3-7,9H2/b12-8+/t10-,11-/m0/s1. The van der Waals surface area contributed by atoms with Crippen LogP contribution in [-0.4, -0.2) is 41.1 Å². The predicted octanol–water partition coefficient (Wildman–Crippen LogP) is 2.27. The molecule has 0 radical (unpaired) electrons. The highest BCUT2D eigenvalue weighted by atomic mass is 32.2. The van der Waals surface area contributed by atoms with E-state index in [2.05, 4.69) is 12.2 Å². The van der Waals surface area contributed by atoms with Crippen molar-refractivity contribution in [1.29, 1.82) is 0 Å². The minimum absolute atomic E-state index is 0.0406. The summed E-state index contributed by atoms with van der Waals surface area (Å²) >= 11 is 6.60. The fourth-order valence-electron chi connectivity index (χ4n) is 2.97. The Labute approximate surface area is 134 Å². The van der Waals surface area contributed by atoms with Crippen LogP contribution in [0.1, 0.15) is 25.7 Å². The lowest BCUT2D eigenvalue weighted by Gasteiger charge is -2.21. The van der Waals surface area contributed by atoms with Crippen LogP contribution >= 0.6 is 24.0 Å². The van der Waals surface area contributed by atoms with Crippen LogP contribution in [0.2, 0.25) is 0 Å². The third-order valence-electron chi connectivity index (χ3n) is 4.09. The summed E-state index contributed by atoms with van der Waals surface area (Å²) in [7, 11) is -3.02. The molecule has 0 N–H and O–H groups in total. The minimum atomic E-state index is -3.02. The van der Waals surface area contributed by atoms with Crippen molar-refractivity contribution in [1.82, 2.24) is 4.90 Å². The van der Waals surface area contributed by atoms with Gasteiger partial charge >= 0.3 is 0 Å². The molecule has 0 spiro atoms. The van der Waals surface area contributed by atoms with E-state index in [4.69, 9.17) is 12.2 Å². The summed E-state index contributed by atoms with van der Waals surface area (Å²) in [5.41, 5.74) is 0. The molecule has 0 unspecified atom stereocenters. The van der Waals surface area contributed by atoms with Crippen LogP contribution in [0.4, 0.5) is 0 Å². The van der Waals surface area contributed by atoms with Crippen molar-refractivity contribution < 1.29 is 13.2 Å². The SMILES string of the molecule is O=C1/C(=C\[C@H]2CC=CCC2)SC(=S)N1[C@H]1CCS(=O)(=O)C1. The smallest absolute Gasteiger partial charge is 0.266 e. The van der Waals surface area contributed by atoms with Crippen molar-refractivity contribution in [2.75, 3.05) is 11.5 Å². The number of thiocarbonyl (C=S) groups is 1. The lowest BCUT2D eigenvalue weighted by molar-refractivity contribution is -0.123. The van der Waals surface area contributed by atoms with Crippen LogP contribution in [-0.2, 0) is 14.6 Å². The number of carbonyl (C=O) groups excluding carboxylic acids is 1. The first-order valence-corrected chi connectivity index (χ1v) is 10.1. The molecule has 114 valence electrons. The second kappa shape index (κ2) is 5.85. The van der Waals surface area contributed by atoms with Gasteiger partial charge in [0.2, 0.25) is 0 Å². The van der Waals surface area contributed by atoms with Gasteiger partial charge in [0.25, 0.3) is 5.91 Å². The number of allylic oxidation sites excluding steroid dienone is 3. The Bertz CT molecular complexity index is 636. The Morgan fingerprint density at radius 3 is 2.76 bits per heavy atom. The lowest BCUT2D eigenvalue weighted by Crippen LogP contribution is -2.39. The van der Waals surface area contributed by atoms with Crippen molar-refractivity contribution in [2.45, 2.75) is 31.7 Å². The molecule has 21 heavy (non-hydrogen) atoms. The molecule has 0 saturated carbocycles. The zero-order chi connectivity index (χ0) is 15.0. The molecule has 0 aromatic carbocycles. The molecular weight excluding hydrogens is 326 g/mol. The molecule has 3 aliphatic rings. The Morgan fingerprint density at radius 1 is 1.33 bits per heavy atom. The van der Waals surface area contributed by atoms with Gasteiger partial charge in [-0.15, -0.1) is 0 Å². The van der Waals surface area contributed by atoms with E-state index in [1.165, 1.54) is 16.7 Å². The molecule has 2 saturated heterocycles. The first-order valence-electron chi connectivity index (χ1n) is 7.09. The van der Waals surface area contributed by atoms with E-state index < -0.39 is 9.84 Å². The summed E-state index contributed by atoms with van der Waals surface area (Å²) in [5.74, 6) is 0.471. The number of rotatable bonds is 2. The van der Waals surface area contributed by atoms with E-state index in [0.717, 1.165) is 19.3 Å². The van der Waals surface area contributed by atoms with E-state index in [0.29, 0.717) is 21.6 Å². The average molecular weight is 343 g/mol. The molecule has 0 aromatic heterocycles. The Hall–Kier alpha value is -0.660. The van der Waals surface area contributed by atoms with Gasteiger partial charge < -0.3 is 0 Å². The maximum Gasteiger partial charge on any atom is 0.266 e. The maximum atomic E-state index is 12.5. The molecule has 7 heteroatoms. The molecule has 1 aliphatic carbocycles. The van der Waals surface area contributed by atoms with E-state index in [9.17, 15) is 13.2 Å². The number of thioether (sulfide) groups is 1. The summed E-state index contributed by atoms with van der Waals surface area (Å²) in [6, 6.07) is -0.278. The van der Waals surface area contributed by atoms with Crippen molar-refractivity contribution in [3.8, 4) is 0 Å². The van der Waals surface area contributed by atoms with Gasteiger partial charge in [0.1, 0.15) is 4.32 Å². The number of nitrogens with zero attached hydrogens (tertiary/aromatic N) is 1. The van der Waals surface area contributed by atoms with Crippen molar-refractivity contribution in [3.05, 3.63) is 23.1 Å². The van der Waals surface area contributed by atoms with Crippen molar-refractivity contribution in [2.24, 2.45) is 5.92 Å². The van der Waals surface area contributed by atoms with Crippen molar-refractivity contribution in [3.63, 3.8) is 0 Å². The molecule has 1 amide bonds. The van der Waals surface area contributed by atoms with Gasteiger partial charge in [-0.1, -0.05) is 42.2 Å². The van der Waals surface area contributed by atoms with Gasteiger partial charge in [0.15, 0.2) is 9.84 Å². The number of amides is 1. The summed E-state index contributed by atoms with van der Waals surface area (Å²) < 4.78 is 23.7. The summed E-state index contributed by atoms with van der Waals surface area (Å²) in [6.07, 6.45) is 9.89. The molecule has 2 atom stereocenters. The topological polar surface area (TPSA) is 54.5 Å². The largest absolute Gasteiger partial charge is 0.289 e. The quantitative estimate of drug-likeness (QED) is 0.437. The zero-order valence-corrected chi connectivity index (χ0v) is 14.0. The van der Waals surface area contributed by atoms with E-state index >= 15 is 0 Å². The molecule has 2 aliphatic heterocycles. The van der Waals surface area contributed by atoms with Gasteiger partial charge in [-0.2, -0.15) is 0 Å². The predicted molar refractivity (Wildman–Crippen MR) is 88.7 cm³/mol. The Kier molecular flexibility index (Phi) is 4.25. The van der Waals surface area contributed by atoms with Crippen LogP contribution < -0.4 is 0 Å². The van der Waals surface area contributed by atoms with E-state index in [1.807, 2.05) is 6.08 Å². The minimum Gasteiger partial charge on any atom is -0.289 e. The number of hydrogen-bond acceptors (Lipinski definition) is 5. The van der Waals surface area contributed by atoms with Gasteiger partial charge in [-0.25, -0.2) is 8.42 Å². The first kappa shape index (κ1) is 15.2. The summed E-state index contributed by atoms with van der Waals surface area (Å²) in [5, 5.41) is 0. The third kappa shape index (κ3) is 3.24. The molecule has 0 aromatic rings. The highest BCUT2D eigenvalue weighted by molar-refractivity contribution is 8.26. The fraction of sp³-hybridized carbons (Fsp3) is 0.571. The molecule has 3 rings (SSSR count). The number of carbonyl (C=O) groups is 1. The van der Waals surface area contributed by atoms with Gasteiger partial charge in [0.05, 0.1) is 22.5 Å². The van der Waals surface area contributed by atoms with Gasteiger partial charge in [-0.05, 0) is 31.6 Å². The molecule has 4 nitrogen and oxygen atoms in total. The summed E-state index contributed by atoms with van der Waals surface area (Å²) in [4.78, 5) is 14.7. The van der Waals surface area contributed by atoms with Gasteiger partial charge in [0, 0.05) is 0 Å². The molecule has 0 bridgehead atoms. The Morgan fingerprint density at radius 2 is 2.14 bits per heavy atom. The fourth-order valence-corrected chi connectivity index (χ4v) is 6.14. The molecule has 2 fully saturated rings. The zero-order valence-electron chi connectivity index (χ0n) is 11.5. The van der Waals surface area contributed by atoms with Crippen LogP contribution in [0.25, 0.3) is 0 Å². The van der Waals surface area contributed by atoms with Crippen molar-refractivity contribution >= 4 is 44.0 Å². The maximum absolute atomic E-state index is 12.5. The monoisotopic (exact) mass is 343 g/mol. The van der Waals surface area contributed by atoms with Crippen LogP contribution in [0.15, 0.2) is 23.1 Å². The van der Waals surface area contributed by atoms with E-state index in [1.54, 1.807) is 0 Å². The first-order chi connectivity index (χ1) is 9.96. The van der Waals surface area contributed by atoms with Crippen LogP contribution in [0, 0.1) is 5.92 Å². The highest BCUT2D eigenvalue weighted by Gasteiger charge is 2.42. The van der Waals surface area contributed by atoms with Crippen LogP contribution in [0.5, 0.6) is 0 Å². The van der Waals surface area contributed by atoms with Crippen LogP contribution in [0.3, 0.4) is 0 Å².